The van der Waals surface area contributed by atoms with E-state index in [-0.39, 0.29) is 0 Å². The molecule has 2 heteroatoms. The number of nitrogens with two attached hydrogens (primary N) is 1. The standard InChI is InChI=1S/C11H12N2/c1-7-3-4-8(2)11-9(7)5-6-10(12)13-11/h3-6H,1-2H3,(H2,12,13). The third-order valence-electron chi connectivity index (χ3n) is 2.30. The van der Waals surface area contributed by atoms with Gasteiger partial charge in [0.25, 0.3) is 0 Å². The van der Waals surface area contributed by atoms with E-state index in [2.05, 4.69) is 24.0 Å². The average Bonchev–Trinajstić information content (AvgIpc) is 2.12. The van der Waals surface area contributed by atoms with Crippen molar-refractivity contribution in [3.8, 4) is 0 Å². The van der Waals surface area contributed by atoms with Gasteiger partial charge in [-0.15, -0.1) is 0 Å². The first-order valence-corrected chi connectivity index (χ1v) is 4.31. The summed E-state index contributed by atoms with van der Waals surface area (Å²) in [5, 5.41) is 1.19. The molecule has 1 aromatic carbocycles. The zero-order chi connectivity index (χ0) is 9.42. The average molecular weight is 172 g/mol. The van der Waals surface area contributed by atoms with Gasteiger partial charge in [-0.1, -0.05) is 12.1 Å². The summed E-state index contributed by atoms with van der Waals surface area (Å²) in [7, 11) is 0. The third-order valence-corrected chi connectivity index (χ3v) is 2.30. The number of rotatable bonds is 0. The summed E-state index contributed by atoms with van der Waals surface area (Å²) in [5.74, 6) is 0.584. The Morgan fingerprint density at radius 2 is 1.69 bits per heavy atom. The van der Waals surface area contributed by atoms with Crippen LogP contribution in [0.1, 0.15) is 11.1 Å². The zero-order valence-electron chi connectivity index (χ0n) is 7.83. The molecule has 66 valence electrons. The molecule has 2 rings (SSSR count). The van der Waals surface area contributed by atoms with Gasteiger partial charge in [-0.3, -0.25) is 0 Å². The van der Waals surface area contributed by atoms with Crippen molar-refractivity contribution >= 4 is 16.7 Å². The molecule has 2 aromatic rings. The Balaban J connectivity index is 2.92. The first kappa shape index (κ1) is 8.05. The van der Waals surface area contributed by atoms with Crippen LogP contribution in [0, 0.1) is 13.8 Å². The molecule has 0 saturated carbocycles. The summed E-state index contributed by atoms with van der Waals surface area (Å²) >= 11 is 0. The largest absolute Gasteiger partial charge is 0.384 e. The van der Waals surface area contributed by atoms with Crippen molar-refractivity contribution in [2.24, 2.45) is 0 Å². The molecule has 13 heavy (non-hydrogen) atoms. The molecule has 1 aromatic heterocycles. The predicted molar refractivity (Wildman–Crippen MR) is 55.6 cm³/mol. The van der Waals surface area contributed by atoms with Gasteiger partial charge in [0.05, 0.1) is 5.52 Å². The Kier molecular flexibility index (Phi) is 1.69. The van der Waals surface area contributed by atoms with Crippen molar-refractivity contribution < 1.29 is 0 Å². The minimum Gasteiger partial charge on any atom is -0.384 e. The number of pyridine rings is 1. The Hall–Kier alpha value is -1.57. The first-order valence-electron chi connectivity index (χ1n) is 4.31. The minimum atomic E-state index is 0.584. The molecule has 1 heterocycles. The number of aromatic nitrogens is 1. The number of fused-ring (bicyclic) bond motifs is 1. The van der Waals surface area contributed by atoms with E-state index in [0.29, 0.717) is 5.82 Å². The number of hydrogen-bond acceptors (Lipinski definition) is 2. The Labute approximate surface area is 77.4 Å². The lowest BCUT2D eigenvalue weighted by Gasteiger charge is -2.04. The van der Waals surface area contributed by atoms with Gasteiger partial charge in [-0.2, -0.15) is 0 Å². The first-order chi connectivity index (χ1) is 6.18. The van der Waals surface area contributed by atoms with Crippen molar-refractivity contribution in [2.45, 2.75) is 13.8 Å². The van der Waals surface area contributed by atoms with E-state index < -0.39 is 0 Å². The quantitative estimate of drug-likeness (QED) is 0.662. The lowest BCUT2D eigenvalue weighted by atomic mass is 10.1. The Bertz CT molecular complexity index is 461. The second-order valence-electron chi connectivity index (χ2n) is 3.33. The van der Waals surface area contributed by atoms with Crippen LogP contribution in [0.15, 0.2) is 24.3 Å². The third kappa shape index (κ3) is 1.24. The maximum Gasteiger partial charge on any atom is 0.124 e. The van der Waals surface area contributed by atoms with Crippen LogP contribution < -0.4 is 5.73 Å². The van der Waals surface area contributed by atoms with Gasteiger partial charge in [0, 0.05) is 5.39 Å². The van der Waals surface area contributed by atoms with Crippen LogP contribution in [0.5, 0.6) is 0 Å². The fourth-order valence-corrected chi connectivity index (χ4v) is 1.51. The normalized spacial score (nSPS) is 10.6. The van der Waals surface area contributed by atoms with Gasteiger partial charge in [-0.25, -0.2) is 4.98 Å². The highest BCUT2D eigenvalue weighted by Crippen LogP contribution is 2.20. The maximum absolute atomic E-state index is 5.63. The summed E-state index contributed by atoms with van der Waals surface area (Å²) in [5.41, 5.74) is 9.06. The highest BCUT2D eigenvalue weighted by Gasteiger charge is 2.01. The lowest BCUT2D eigenvalue weighted by molar-refractivity contribution is 1.35. The van der Waals surface area contributed by atoms with Crippen LogP contribution in [0.2, 0.25) is 0 Å². The van der Waals surface area contributed by atoms with Gasteiger partial charge < -0.3 is 5.73 Å². The summed E-state index contributed by atoms with van der Waals surface area (Å²) in [6.45, 7) is 4.13. The molecule has 2 N–H and O–H groups in total. The smallest absolute Gasteiger partial charge is 0.124 e. The van der Waals surface area contributed by atoms with Crippen molar-refractivity contribution in [1.29, 1.82) is 0 Å². The Morgan fingerprint density at radius 3 is 2.46 bits per heavy atom. The second kappa shape index (κ2) is 2.73. The highest BCUT2D eigenvalue weighted by molar-refractivity contribution is 5.85. The van der Waals surface area contributed by atoms with Gasteiger partial charge in [0.1, 0.15) is 5.82 Å². The van der Waals surface area contributed by atoms with Crippen LogP contribution >= 0.6 is 0 Å². The van der Waals surface area contributed by atoms with Gasteiger partial charge in [0.15, 0.2) is 0 Å². The topological polar surface area (TPSA) is 38.9 Å². The maximum atomic E-state index is 5.63. The fourth-order valence-electron chi connectivity index (χ4n) is 1.51. The lowest BCUT2D eigenvalue weighted by Crippen LogP contribution is -1.92. The molecule has 0 aliphatic rings. The van der Waals surface area contributed by atoms with Gasteiger partial charge in [-0.05, 0) is 37.1 Å². The van der Waals surface area contributed by atoms with Crippen LogP contribution in [0.4, 0.5) is 5.82 Å². The summed E-state index contributed by atoms with van der Waals surface area (Å²) in [4.78, 5) is 4.31. The molecule has 0 bridgehead atoms. The summed E-state index contributed by atoms with van der Waals surface area (Å²) in [6, 6.07) is 8.05. The minimum absolute atomic E-state index is 0.584. The summed E-state index contributed by atoms with van der Waals surface area (Å²) < 4.78 is 0. The van der Waals surface area contributed by atoms with E-state index in [0.717, 1.165) is 5.52 Å². The molecular weight excluding hydrogens is 160 g/mol. The molecule has 0 unspecified atom stereocenters. The van der Waals surface area contributed by atoms with E-state index in [1.165, 1.54) is 16.5 Å². The van der Waals surface area contributed by atoms with Crippen LogP contribution in [-0.4, -0.2) is 4.98 Å². The Morgan fingerprint density at radius 1 is 1.00 bits per heavy atom. The van der Waals surface area contributed by atoms with Crippen molar-refractivity contribution in [3.05, 3.63) is 35.4 Å². The van der Waals surface area contributed by atoms with Crippen LogP contribution in [0.3, 0.4) is 0 Å². The van der Waals surface area contributed by atoms with Crippen LogP contribution in [-0.2, 0) is 0 Å². The van der Waals surface area contributed by atoms with E-state index in [9.17, 15) is 0 Å². The number of hydrogen-bond donors (Lipinski definition) is 1. The SMILES string of the molecule is Cc1ccc(C)c2nc(N)ccc12. The van der Waals surface area contributed by atoms with Crippen molar-refractivity contribution in [3.63, 3.8) is 0 Å². The number of anilines is 1. The van der Waals surface area contributed by atoms with Crippen molar-refractivity contribution in [2.75, 3.05) is 5.73 Å². The van der Waals surface area contributed by atoms with Crippen LogP contribution in [0.25, 0.3) is 10.9 Å². The number of nitrogens with zero attached hydrogens (tertiary/aromatic N) is 1. The van der Waals surface area contributed by atoms with E-state index in [4.69, 9.17) is 5.73 Å². The van der Waals surface area contributed by atoms with E-state index >= 15 is 0 Å². The summed E-state index contributed by atoms with van der Waals surface area (Å²) in [6.07, 6.45) is 0. The molecule has 0 amide bonds. The monoisotopic (exact) mass is 172 g/mol. The molecule has 0 spiro atoms. The van der Waals surface area contributed by atoms with Gasteiger partial charge in [0.2, 0.25) is 0 Å². The molecule has 0 aliphatic carbocycles. The number of aryl methyl sites for hydroxylation is 2. The molecule has 0 fully saturated rings. The fraction of sp³-hybridized carbons (Fsp3) is 0.182. The predicted octanol–water partition coefficient (Wildman–Crippen LogP) is 2.43. The van der Waals surface area contributed by atoms with E-state index in [1.54, 1.807) is 0 Å². The molecular formula is C11H12N2. The number of nitrogen functional groups attached to an aromatic ring is 1. The molecule has 0 aliphatic heterocycles. The molecule has 0 radical (unpaired) electrons. The second-order valence-corrected chi connectivity index (χ2v) is 3.33. The highest BCUT2D eigenvalue weighted by atomic mass is 14.8. The molecule has 0 atom stereocenters. The van der Waals surface area contributed by atoms with Gasteiger partial charge >= 0.3 is 0 Å². The molecule has 0 saturated heterocycles. The zero-order valence-corrected chi connectivity index (χ0v) is 7.83. The molecule has 2 nitrogen and oxygen atoms in total. The van der Waals surface area contributed by atoms with Crippen molar-refractivity contribution in [1.82, 2.24) is 4.98 Å². The number of benzene rings is 1. The van der Waals surface area contributed by atoms with E-state index in [1.807, 2.05) is 19.1 Å².